The lowest BCUT2D eigenvalue weighted by atomic mass is 10.0. The van der Waals surface area contributed by atoms with Gasteiger partial charge in [-0.3, -0.25) is 4.79 Å². The fraction of sp³-hybridized carbons (Fsp3) is 0.278. The lowest BCUT2D eigenvalue weighted by Gasteiger charge is -2.25. The highest BCUT2D eigenvalue weighted by Crippen LogP contribution is 2.36. The van der Waals surface area contributed by atoms with E-state index in [-0.39, 0.29) is 16.8 Å². The molecule has 7 heteroatoms. The minimum atomic E-state index is -3.36. The van der Waals surface area contributed by atoms with Crippen LogP contribution < -0.4 is 0 Å². The van der Waals surface area contributed by atoms with Gasteiger partial charge in [-0.1, -0.05) is 35.3 Å². The van der Waals surface area contributed by atoms with Crippen LogP contribution in [0.1, 0.15) is 34.8 Å². The van der Waals surface area contributed by atoms with Gasteiger partial charge in [0.2, 0.25) is 0 Å². The molecule has 1 saturated heterocycles. The Morgan fingerprint density at radius 1 is 1.12 bits per heavy atom. The molecule has 1 heterocycles. The van der Waals surface area contributed by atoms with E-state index in [0.29, 0.717) is 22.2 Å². The number of carbonyl (C=O) groups excluding carboxylic acids is 1. The molecule has 1 aliphatic heterocycles. The third-order valence-corrected chi connectivity index (χ3v) is 6.20. The molecule has 1 unspecified atom stereocenters. The Kier molecular flexibility index (Phi) is 5.09. The molecule has 0 radical (unpaired) electrons. The van der Waals surface area contributed by atoms with Gasteiger partial charge in [0.15, 0.2) is 9.84 Å². The van der Waals surface area contributed by atoms with E-state index in [4.69, 9.17) is 23.2 Å². The highest BCUT2D eigenvalue weighted by Gasteiger charge is 2.31. The zero-order valence-electron chi connectivity index (χ0n) is 13.6. The molecule has 2 aromatic rings. The van der Waals surface area contributed by atoms with Crippen molar-refractivity contribution in [1.82, 2.24) is 4.90 Å². The van der Waals surface area contributed by atoms with Gasteiger partial charge >= 0.3 is 0 Å². The van der Waals surface area contributed by atoms with E-state index in [2.05, 4.69) is 0 Å². The van der Waals surface area contributed by atoms with Crippen molar-refractivity contribution in [3.8, 4) is 0 Å². The lowest BCUT2D eigenvalue weighted by Crippen LogP contribution is -2.30. The average Bonchev–Trinajstić information content (AvgIpc) is 3.05. The van der Waals surface area contributed by atoms with Crippen LogP contribution in [0.15, 0.2) is 47.4 Å². The molecule has 0 spiro atoms. The van der Waals surface area contributed by atoms with Crippen LogP contribution in [0.4, 0.5) is 0 Å². The number of benzene rings is 2. The maximum atomic E-state index is 12.9. The van der Waals surface area contributed by atoms with Gasteiger partial charge in [-0.05, 0) is 48.7 Å². The molecule has 1 amide bonds. The standard InChI is InChI=1S/C18H17Cl2NO3S/c1-25(23,24)14-5-2-4-13(10-14)18(22)21-9-3-6-17(21)12-7-8-15(19)16(20)11-12/h2,4-5,7-8,10-11,17H,3,6,9H2,1H3. The predicted molar refractivity (Wildman–Crippen MR) is 99.0 cm³/mol. The van der Waals surface area contributed by atoms with Crippen LogP contribution in [-0.4, -0.2) is 32.0 Å². The van der Waals surface area contributed by atoms with Crippen LogP contribution in [-0.2, 0) is 9.84 Å². The highest BCUT2D eigenvalue weighted by atomic mass is 35.5. The summed E-state index contributed by atoms with van der Waals surface area (Å²) in [5, 5.41) is 0.930. The molecule has 0 saturated carbocycles. The zero-order chi connectivity index (χ0) is 18.2. The number of carbonyl (C=O) groups is 1. The van der Waals surface area contributed by atoms with E-state index >= 15 is 0 Å². The van der Waals surface area contributed by atoms with Crippen molar-refractivity contribution >= 4 is 38.9 Å². The molecule has 0 N–H and O–H groups in total. The zero-order valence-corrected chi connectivity index (χ0v) is 15.9. The largest absolute Gasteiger partial charge is 0.332 e. The van der Waals surface area contributed by atoms with Crippen LogP contribution in [0.25, 0.3) is 0 Å². The van der Waals surface area contributed by atoms with Crippen molar-refractivity contribution in [3.63, 3.8) is 0 Å². The molecule has 0 bridgehead atoms. The van der Waals surface area contributed by atoms with Gasteiger partial charge in [-0.15, -0.1) is 0 Å². The molecule has 2 aromatic carbocycles. The minimum absolute atomic E-state index is 0.0934. The number of halogens is 2. The van der Waals surface area contributed by atoms with E-state index in [1.54, 1.807) is 29.2 Å². The maximum absolute atomic E-state index is 12.9. The quantitative estimate of drug-likeness (QED) is 0.772. The first kappa shape index (κ1) is 18.2. The number of hydrogen-bond acceptors (Lipinski definition) is 3. The summed E-state index contributed by atoms with van der Waals surface area (Å²) in [6.07, 6.45) is 2.84. The number of amides is 1. The second kappa shape index (κ2) is 6.98. The van der Waals surface area contributed by atoms with Gasteiger partial charge < -0.3 is 4.90 Å². The third-order valence-electron chi connectivity index (χ3n) is 4.35. The Bertz CT molecular complexity index is 928. The van der Waals surface area contributed by atoms with Crippen LogP contribution in [0, 0.1) is 0 Å². The number of sulfone groups is 1. The molecule has 1 aliphatic rings. The van der Waals surface area contributed by atoms with Gasteiger partial charge in [0.25, 0.3) is 5.91 Å². The monoisotopic (exact) mass is 397 g/mol. The smallest absolute Gasteiger partial charge is 0.254 e. The Balaban J connectivity index is 1.92. The fourth-order valence-corrected chi connectivity index (χ4v) is 4.07. The molecule has 1 fully saturated rings. The normalized spacial score (nSPS) is 17.7. The van der Waals surface area contributed by atoms with E-state index in [1.165, 1.54) is 12.1 Å². The number of nitrogens with zero attached hydrogens (tertiary/aromatic N) is 1. The van der Waals surface area contributed by atoms with Crippen molar-refractivity contribution in [2.24, 2.45) is 0 Å². The molecule has 4 nitrogen and oxygen atoms in total. The number of rotatable bonds is 3. The topological polar surface area (TPSA) is 54.5 Å². The first-order valence-electron chi connectivity index (χ1n) is 7.83. The van der Waals surface area contributed by atoms with Crippen molar-refractivity contribution in [1.29, 1.82) is 0 Å². The molecule has 25 heavy (non-hydrogen) atoms. The van der Waals surface area contributed by atoms with Crippen molar-refractivity contribution in [2.75, 3.05) is 12.8 Å². The van der Waals surface area contributed by atoms with E-state index < -0.39 is 9.84 Å². The third kappa shape index (κ3) is 3.84. The Hall–Kier alpha value is -1.56. The van der Waals surface area contributed by atoms with Gasteiger partial charge in [-0.25, -0.2) is 8.42 Å². The number of likely N-dealkylation sites (tertiary alicyclic amines) is 1. The SMILES string of the molecule is CS(=O)(=O)c1cccc(C(=O)N2CCCC2c2ccc(Cl)c(Cl)c2)c1. The molecule has 132 valence electrons. The molecule has 0 aromatic heterocycles. The molecular formula is C18H17Cl2NO3S. The van der Waals surface area contributed by atoms with Crippen LogP contribution in [0.2, 0.25) is 10.0 Å². The minimum Gasteiger partial charge on any atom is -0.332 e. The second-order valence-electron chi connectivity index (χ2n) is 6.13. The summed E-state index contributed by atoms with van der Waals surface area (Å²) in [6, 6.07) is 11.4. The summed E-state index contributed by atoms with van der Waals surface area (Å²) in [4.78, 5) is 14.8. The molecular weight excluding hydrogens is 381 g/mol. The van der Waals surface area contributed by atoms with Gasteiger partial charge in [0.05, 0.1) is 21.0 Å². The summed E-state index contributed by atoms with van der Waals surface area (Å²) in [7, 11) is -3.36. The Labute approximate surface area is 157 Å². The lowest BCUT2D eigenvalue weighted by molar-refractivity contribution is 0.0735. The summed E-state index contributed by atoms with van der Waals surface area (Å²) in [6.45, 7) is 0.618. The van der Waals surface area contributed by atoms with Crippen LogP contribution in [0.5, 0.6) is 0 Å². The van der Waals surface area contributed by atoms with E-state index in [1.807, 2.05) is 6.07 Å². The van der Waals surface area contributed by atoms with Crippen molar-refractivity contribution in [2.45, 2.75) is 23.8 Å². The first-order valence-corrected chi connectivity index (χ1v) is 10.5. The van der Waals surface area contributed by atoms with Crippen LogP contribution >= 0.6 is 23.2 Å². The first-order chi connectivity index (χ1) is 11.8. The predicted octanol–water partition coefficient (Wildman–Crippen LogP) is 4.37. The summed E-state index contributed by atoms with van der Waals surface area (Å²) < 4.78 is 23.5. The van der Waals surface area contributed by atoms with Gasteiger partial charge in [-0.2, -0.15) is 0 Å². The highest BCUT2D eigenvalue weighted by molar-refractivity contribution is 7.90. The van der Waals surface area contributed by atoms with Gasteiger partial charge in [0.1, 0.15) is 0 Å². The molecule has 1 atom stereocenters. The Morgan fingerprint density at radius 3 is 2.56 bits per heavy atom. The van der Waals surface area contributed by atoms with Crippen LogP contribution in [0.3, 0.4) is 0 Å². The van der Waals surface area contributed by atoms with Gasteiger partial charge in [0, 0.05) is 18.4 Å². The average molecular weight is 398 g/mol. The van der Waals surface area contributed by atoms with E-state index in [9.17, 15) is 13.2 Å². The fourth-order valence-electron chi connectivity index (χ4n) is 3.10. The molecule has 0 aliphatic carbocycles. The molecule has 3 rings (SSSR count). The Morgan fingerprint density at radius 2 is 1.88 bits per heavy atom. The van der Waals surface area contributed by atoms with E-state index in [0.717, 1.165) is 24.7 Å². The number of hydrogen-bond donors (Lipinski definition) is 0. The summed E-state index contributed by atoms with van der Waals surface area (Å²) in [5.41, 5.74) is 1.30. The van der Waals surface area contributed by atoms with Crippen molar-refractivity contribution < 1.29 is 13.2 Å². The summed E-state index contributed by atoms with van der Waals surface area (Å²) in [5.74, 6) is -0.181. The maximum Gasteiger partial charge on any atom is 0.254 e. The summed E-state index contributed by atoms with van der Waals surface area (Å²) >= 11 is 12.1. The second-order valence-corrected chi connectivity index (χ2v) is 8.96. The van der Waals surface area contributed by atoms with Crippen molar-refractivity contribution in [3.05, 3.63) is 63.6 Å².